The van der Waals surface area contributed by atoms with Crippen molar-refractivity contribution in [2.45, 2.75) is 51.4 Å². The van der Waals surface area contributed by atoms with Crippen molar-refractivity contribution in [3.63, 3.8) is 0 Å². The number of aryl methyl sites for hydroxylation is 1. The van der Waals surface area contributed by atoms with Crippen molar-refractivity contribution in [2.75, 3.05) is 18.9 Å². The van der Waals surface area contributed by atoms with Crippen LogP contribution < -0.4 is 26.2 Å². The Balaban J connectivity index is 1.47. The lowest BCUT2D eigenvalue weighted by molar-refractivity contribution is -0.757. The second-order valence-electron chi connectivity index (χ2n) is 10.9. The Labute approximate surface area is 273 Å². The molecule has 3 heterocycles. The lowest BCUT2D eigenvalue weighted by Gasteiger charge is -2.50. The standard InChI is InChI=1S/C27H34N8O10S2/c1-15-12-19(34(33(15)4)11-5-10-28)16-6-8-17(9-7-16)43-13-20(25(38)39)44-32-21(18-14-46-26(29)30-18)23(36)31-22-24(37)35(27(22,2)3)45-47(40,41)42/h6-9,12,14,20,22H,5,10-11,13,28H2,1-4H3,(H4-,29,30,31,36,38,39,40,41,42)/p+1/b32-21-/t20-,22+/m0/s1. The van der Waals surface area contributed by atoms with E-state index in [1.807, 2.05) is 36.9 Å². The van der Waals surface area contributed by atoms with Crippen molar-refractivity contribution < 1.29 is 51.0 Å². The highest BCUT2D eigenvalue weighted by atomic mass is 32.3. The van der Waals surface area contributed by atoms with Crippen LogP contribution in [0.5, 0.6) is 5.75 Å². The van der Waals surface area contributed by atoms with Gasteiger partial charge < -0.3 is 31.5 Å². The highest BCUT2D eigenvalue weighted by molar-refractivity contribution is 7.80. The summed E-state index contributed by atoms with van der Waals surface area (Å²) in [5.41, 5.74) is 12.3. The minimum Gasteiger partial charge on any atom is -0.489 e. The largest absolute Gasteiger partial charge is 0.489 e. The van der Waals surface area contributed by atoms with Gasteiger partial charge in [-0.2, -0.15) is 18.2 Å². The van der Waals surface area contributed by atoms with Crippen molar-refractivity contribution in [1.29, 1.82) is 0 Å². The zero-order valence-corrected chi connectivity index (χ0v) is 27.4. The van der Waals surface area contributed by atoms with Crippen LogP contribution in [0.4, 0.5) is 5.13 Å². The molecule has 1 saturated heterocycles. The van der Waals surface area contributed by atoms with Gasteiger partial charge in [0.1, 0.15) is 29.8 Å². The molecular weight excluding hydrogens is 660 g/mol. The Morgan fingerprint density at radius 3 is 2.51 bits per heavy atom. The van der Waals surface area contributed by atoms with Crippen molar-refractivity contribution >= 4 is 50.4 Å². The van der Waals surface area contributed by atoms with Gasteiger partial charge in [-0.05, 0) is 51.1 Å². The summed E-state index contributed by atoms with van der Waals surface area (Å²) in [6.45, 7) is 5.51. The van der Waals surface area contributed by atoms with E-state index in [0.717, 1.165) is 41.3 Å². The Morgan fingerprint density at radius 2 is 1.96 bits per heavy atom. The van der Waals surface area contributed by atoms with Crippen molar-refractivity contribution in [3.8, 4) is 17.0 Å². The molecule has 4 rings (SSSR count). The molecule has 7 N–H and O–H groups in total. The maximum atomic E-state index is 13.2. The molecule has 20 heteroatoms. The number of ether oxygens (including phenoxy) is 1. The molecule has 254 valence electrons. The highest BCUT2D eigenvalue weighted by Gasteiger charge is 2.58. The number of rotatable bonds is 15. The summed E-state index contributed by atoms with van der Waals surface area (Å²) in [6, 6.07) is 7.74. The number of anilines is 1. The normalized spacial score (nSPS) is 16.8. The van der Waals surface area contributed by atoms with E-state index in [0.29, 0.717) is 17.4 Å². The number of carbonyl (C=O) groups is 3. The number of carboxylic acids is 1. The zero-order valence-electron chi connectivity index (χ0n) is 25.8. The van der Waals surface area contributed by atoms with Gasteiger partial charge in [0.25, 0.3) is 17.9 Å². The number of hydrogen-bond acceptors (Lipinski definition) is 13. The van der Waals surface area contributed by atoms with Crippen LogP contribution in [0.2, 0.25) is 0 Å². The first kappa shape index (κ1) is 35.2. The number of amides is 2. The molecule has 0 radical (unpaired) electrons. The van der Waals surface area contributed by atoms with Gasteiger partial charge in [-0.3, -0.25) is 14.1 Å². The number of hydroxylamine groups is 2. The number of carbonyl (C=O) groups excluding carboxylic acids is 2. The average Bonchev–Trinajstić information content (AvgIpc) is 3.56. The third kappa shape index (κ3) is 8.03. The lowest BCUT2D eigenvalue weighted by Crippen LogP contribution is -2.76. The van der Waals surface area contributed by atoms with E-state index in [-0.39, 0.29) is 10.8 Å². The number of hydrogen-bond donors (Lipinski definition) is 5. The first-order valence-electron chi connectivity index (χ1n) is 14.0. The summed E-state index contributed by atoms with van der Waals surface area (Å²) in [6.07, 6.45) is -0.875. The number of nitrogens with one attached hydrogen (secondary N) is 1. The van der Waals surface area contributed by atoms with E-state index in [1.165, 1.54) is 19.2 Å². The maximum absolute atomic E-state index is 13.2. The number of nitrogen functional groups attached to an aromatic ring is 1. The molecule has 3 aromatic rings. The second kappa shape index (κ2) is 14.0. The third-order valence-electron chi connectivity index (χ3n) is 7.27. The molecule has 1 fully saturated rings. The van der Waals surface area contributed by atoms with Gasteiger partial charge in [-0.15, -0.1) is 20.3 Å². The summed E-state index contributed by atoms with van der Waals surface area (Å²) < 4.78 is 45.2. The quantitative estimate of drug-likeness (QED) is 0.0453. The molecule has 2 amide bonds. The van der Waals surface area contributed by atoms with Crippen molar-refractivity contribution in [3.05, 3.63) is 47.1 Å². The fourth-order valence-electron chi connectivity index (χ4n) is 4.64. The van der Waals surface area contributed by atoms with E-state index in [9.17, 15) is 27.9 Å². The fraction of sp³-hybridized carbons (Fsp3) is 0.407. The number of aliphatic carboxylic acids is 1. The topological polar surface area (TPSA) is 255 Å². The Hall–Kier alpha value is -4.63. The molecule has 0 unspecified atom stereocenters. The number of carboxylic acid groups (broad SMARTS) is 1. The minimum absolute atomic E-state index is 0.0606. The van der Waals surface area contributed by atoms with Crippen LogP contribution in [0.15, 0.2) is 40.9 Å². The fourth-order valence-corrected chi connectivity index (χ4v) is 5.64. The second-order valence-corrected chi connectivity index (χ2v) is 12.8. The first-order chi connectivity index (χ1) is 22.0. The average molecular weight is 696 g/mol. The van der Waals surface area contributed by atoms with Crippen LogP contribution in [0.25, 0.3) is 11.3 Å². The van der Waals surface area contributed by atoms with E-state index >= 15 is 0 Å². The summed E-state index contributed by atoms with van der Waals surface area (Å²) in [4.78, 5) is 46.9. The molecule has 0 aliphatic carbocycles. The molecule has 1 aliphatic rings. The van der Waals surface area contributed by atoms with E-state index in [4.69, 9.17) is 25.6 Å². The Bertz CT molecular complexity index is 1790. The van der Waals surface area contributed by atoms with E-state index in [2.05, 4.69) is 24.4 Å². The maximum Gasteiger partial charge on any atom is 0.418 e. The monoisotopic (exact) mass is 695 g/mol. The van der Waals surface area contributed by atoms with Gasteiger partial charge in [0, 0.05) is 23.9 Å². The predicted molar refractivity (Wildman–Crippen MR) is 166 cm³/mol. The van der Waals surface area contributed by atoms with Gasteiger partial charge in [0.2, 0.25) is 5.69 Å². The minimum atomic E-state index is -5.02. The molecular formula is C27H35N8O10S2+. The molecule has 1 aromatic carbocycles. The molecule has 2 atom stereocenters. The van der Waals surface area contributed by atoms with Crippen LogP contribution in [0, 0.1) is 6.92 Å². The van der Waals surface area contributed by atoms with Gasteiger partial charge in [-0.1, -0.05) is 5.16 Å². The molecule has 0 spiro atoms. The van der Waals surface area contributed by atoms with Crippen LogP contribution in [-0.4, -0.2) is 87.1 Å². The number of oxime groups is 1. The molecule has 0 bridgehead atoms. The number of thiazole rings is 1. The number of nitrogens with two attached hydrogens (primary N) is 2. The van der Waals surface area contributed by atoms with Crippen LogP contribution >= 0.6 is 11.3 Å². The first-order valence-corrected chi connectivity index (χ1v) is 16.3. The highest BCUT2D eigenvalue weighted by Crippen LogP contribution is 2.33. The number of aromatic nitrogens is 3. The van der Waals surface area contributed by atoms with Gasteiger partial charge >= 0.3 is 16.4 Å². The van der Waals surface area contributed by atoms with E-state index < -0.39 is 58.2 Å². The van der Waals surface area contributed by atoms with Crippen molar-refractivity contribution in [2.24, 2.45) is 17.9 Å². The molecule has 0 saturated carbocycles. The lowest BCUT2D eigenvalue weighted by atomic mass is 9.84. The number of β-lactam (4-membered cyclic amide) rings is 1. The zero-order chi connectivity index (χ0) is 34.7. The molecule has 18 nitrogen and oxygen atoms in total. The van der Waals surface area contributed by atoms with Crippen LogP contribution in [-0.2, 0) is 47.5 Å². The van der Waals surface area contributed by atoms with Gasteiger partial charge in [0.05, 0.1) is 12.1 Å². The predicted octanol–water partition coefficient (Wildman–Crippen LogP) is -0.232. The summed E-state index contributed by atoms with van der Waals surface area (Å²) >= 11 is 0.961. The molecule has 47 heavy (non-hydrogen) atoms. The van der Waals surface area contributed by atoms with Gasteiger partial charge in [-0.25, -0.2) is 9.78 Å². The van der Waals surface area contributed by atoms with Crippen LogP contribution in [0.3, 0.4) is 0 Å². The third-order valence-corrected chi connectivity index (χ3v) is 8.28. The summed E-state index contributed by atoms with van der Waals surface area (Å²) in [7, 11) is -3.05. The van der Waals surface area contributed by atoms with Gasteiger partial charge in [0.15, 0.2) is 17.9 Å². The van der Waals surface area contributed by atoms with Crippen molar-refractivity contribution in [1.82, 2.24) is 20.0 Å². The number of benzene rings is 1. The SMILES string of the molecule is Cc1cc(-c2ccc(OC[C@H](O/N=C(\C(=O)N[C@@H]3C(=O)N(OS(=O)(=O)O)C3(C)C)c3csc(N)n3)C(=O)O)cc2)n(CCCN)[n+]1C. The van der Waals surface area contributed by atoms with Crippen LogP contribution in [0.1, 0.15) is 31.7 Å². The van der Waals surface area contributed by atoms with E-state index in [1.54, 1.807) is 12.1 Å². The Morgan fingerprint density at radius 1 is 1.28 bits per heavy atom. The molecule has 1 aliphatic heterocycles. The molecule has 2 aromatic heterocycles. The number of nitrogens with zero attached hydrogens (tertiary/aromatic N) is 5. The Kier molecular flexibility index (Phi) is 10.5. The smallest absolute Gasteiger partial charge is 0.418 e. The summed E-state index contributed by atoms with van der Waals surface area (Å²) in [5, 5.41) is 17.7. The summed E-state index contributed by atoms with van der Waals surface area (Å²) in [5.74, 6) is -3.11.